The maximum absolute atomic E-state index is 11.3. The van der Waals surface area contributed by atoms with Gasteiger partial charge >= 0.3 is 5.97 Å². The lowest BCUT2D eigenvalue weighted by atomic mass is 10.3. The van der Waals surface area contributed by atoms with Crippen LogP contribution in [-0.2, 0) is 9.59 Å². The fourth-order valence-corrected chi connectivity index (χ4v) is 1.10. The van der Waals surface area contributed by atoms with Gasteiger partial charge in [-0.3, -0.25) is 4.79 Å². The highest BCUT2D eigenvalue weighted by atomic mass is 16.5. The van der Waals surface area contributed by atoms with E-state index < -0.39 is 11.9 Å². The predicted molar refractivity (Wildman–Crippen MR) is 61.5 cm³/mol. The molecule has 1 aromatic rings. The summed E-state index contributed by atoms with van der Waals surface area (Å²) in [6.07, 6.45) is 1.31. The van der Waals surface area contributed by atoms with Crippen molar-refractivity contribution in [3.05, 3.63) is 42.1 Å². The van der Waals surface area contributed by atoms with Crippen LogP contribution in [0.15, 0.2) is 42.1 Å². The number of hydrogen-bond donors (Lipinski definition) is 2. The molecule has 5 nitrogen and oxygen atoms in total. The molecule has 0 aliphatic heterocycles. The van der Waals surface area contributed by atoms with Crippen LogP contribution in [0.1, 0.15) is 6.92 Å². The number of amides is 1. The Balaban J connectivity index is 2.43. The van der Waals surface area contributed by atoms with Crippen LogP contribution in [0, 0.1) is 0 Å². The van der Waals surface area contributed by atoms with Gasteiger partial charge in [-0.05, 0) is 19.1 Å². The normalized spacial score (nSPS) is 10.8. The molecule has 0 bridgehead atoms. The van der Waals surface area contributed by atoms with Crippen LogP contribution < -0.4 is 10.1 Å². The second-order valence-electron chi connectivity index (χ2n) is 3.16. The van der Waals surface area contributed by atoms with E-state index in [2.05, 4.69) is 5.32 Å². The van der Waals surface area contributed by atoms with Gasteiger partial charge in [0.2, 0.25) is 0 Å². The summed E-state index contributed by atoms with van der Waals surface area (Å²) in [5, 5.41) is 10.9. The first-order valence-corrected chi connectivity index (χ1v) is 5.00. The highest BCUT2D eigenvalue weighted by Gasteiger charge is 2.10. The van der Waals surface area contributed by atoms with E-state index in [1.165, 1.54) is 13.0 Å². The molecule has 1 amide bonds. The van der Waals surface area contributed by atoms with Gasteiger partial charge in [-0.15, -0.1) is 0 Å². The molecule has 0 spiro atoms. The molecule has 0 aliphatic carbocycles. The average Bonchev–Trinajstić information content (AvgIpc) is 2.34. The van der Waals surface area contributed by atoms with E-state index in [0.717, 1.165) is 0 Å². The van der Waals surface area contributed by atoms with Crippen LogP contribution >= 0.6 is 0 Å². The van der Waals surface area contributed by atoms with Gasteiger partial charge < -0.3 is 15.2 Å². The van der Waals surface area contributed by atoms with Gasteiger partial charge in [0.1, 0.15) is 11.4 Å². The third-order valence-electron chi connectivity index (χ3n) is 1.91. The Hall–Kier alpha value is -2.30. The third kappa shape index (κ3) is 4.38. The number of carboxylic acid groups (broad SMARTS) is 1. The molecule has 2 N–H and O–H groups in total. The molecule has 0 heterocycles. The zero-order valence-electron chi connectivity index (χ0n) is 9.34. The predicted octanol–water partition coefficient (Wildman–Crippen LogP) is 1.17. The summed E-state index contributed by atoms with van der Waals surface area (Å²) < 4.78 is 5.16. The molecule has 0 radical (unpaired) electrons. The van der Waals surface area contributed by atoms with E-state index in [1.54, 1.807) is 24.3 Å². The lowest BCUT2D eigenvalue weighted by Gasteiger charge is -2.07. The van der Waals surface area contributed by atoms with Gasteiger partial charge in [0.05, 0.1) is 0 Å². The Labute approximate surface area is 98.7 Å². The fourth-order valence-electron chi connectivity index (χ4n) is 1.10. The number of hydrogen-bond acceptors (Lipinski definition) is 3. The Morgan fingerprint density at radius 3 is 2.53 bits per heavy atom. The molecular formula is C12H13NO4. The van der Waals surface area contributed by atoms with E-state index in [1.807, 2.05) is 6.07 Å². The Kier molecular flexibility index (Phi) is 4.75. The SMILES string of the molecule is C/C=C(\NC(=O)COc1ccccc1)C(=O)O. The maximum Gasteiger partial charge on any atom is 0.352 e. The molecule has 1 aromatic carbocycles. The van der Waals surface area contributed by atoms with E-state index in [0.29, 0.717) is 5.75 Å². The Morgan fingerprint density at radius 1 is 1.35 bits per heavy atom. The molecule has 5 heteroatoms. The number of aliphatic carboxylic acids is 1. The number of para-hydroxylation sites is 1. The molecule has 0 fully saturated rings. The molecule has 0 saturated carbocycles. The quantitative estimate of drug-likeness (QED) is 0.751. The molecule has 0 aliphatic rings. The summed E-state index contributed by atoms with van der Waals surface area (Å²) in [5.74, 6) is -1.13. The number of rotatable bonds is 5. The van der Waals surface area contributed by atoms with Gasteiger partial charge in [0, 0.05) is 0 Å². The average molecular weight is 235 g/mol. The summed E-state index contributed by atoms with van der Waals surface area (Å²) in [4.78, 5) is 22.0. The fraction of sp³-hybridized carbons (Fsp3) is 0.167. The molecule has 0 saturated heterocycles. The number of nitrogens with one attached hydrogen (secondary N) is 1. The molecule has 0 unspecified atom stereocenters. The number of allylic oxidation sites excluding steroid dienone is 1. The first kappa shape index (κ1) is 12.8. The third-order valence-corrected chi connectivity index (χ3v) is 1.91. The van der Waals surface area contributed by atoms with Crippen molar-refractivity contribution in [3.8, 4) is 5.75 Å². The van der Waals surface area contributed by atoms with Crippen LogP contribution in [0.3, 0.4) is 0 Å². The first-order valence-electron chi connectivity index (χ1n) is 5.00. The minimum Gasteiger partial charge on any atom is -0.484 e. The minimum atomic E-state index is -1.18. The molecule has 0 atom stereocenters. The number of carbonyl (C=O) groups excluding carboxylic acids is 1. The minimum absolute atomic E-state index is 0.160. The summed E-state index contributed by atoms with van der Waals surface area (Å²) in [6.45, 7) is 1.30. The lowest BCUT2D eigenvalue weighted by molar-refractivity contribution is -0.135. The van der Waals surface area contributed by atoms with Crippen LogP contribution in [0.2, 0.25) is 0 Å². The van der Waals surface area contributed by atoms with Crippen LogP contribution in [-0.4, -0.2) is 23.6 Å². The van der Waals surface area contributed by atoms with E-state index in [-0.39, 0.29) is 12.3 Å². The molecule has 90 valence electrons. The number of carbonyl (C=O) groups is 2. The molecular weight excluding hydrogens is 222 g/mol. The smallest absolute Gasteiger partial charge is 0.352 e. The summed E-state index contributed by atoms with van der Waals surface area (Å²) in [7, 11) is 0. The highest BCUT2D eigenvalue weighted by molar-refractivity contribution is 5.92. The zero-order valence-corrected chi connectivity index (χ0v) is 9.34. The van der Waals surface area contributed by atoms with Gasteiger partial charge in [0.15, 0.2) is 6.61 Å². The van der Waals surface area contributed by atoms with Gasteiger partial charge in [-0.2, -0.15) is 0 Å². The van der Waals surface area contributed by atoms with Crippen molar-refractivity contribution in [2.45, 2.75) is 6.92 Å². The van der Waals surface area contributed by atoms with Crippen molar-refractivity contribution in [3.63, 3.8) is 0 Å². The van der Waals surface area contributed by atoms with Crippen molar-refractivity contribution < 1.29 is 19.4 Å². The standard InChI is InChI=1S/C12H13NO4/c1-2-10(12(15)16)13-11(14)8-17-9-6-4-3-5-7-9/h2-7H,8H2,1H3,(H,13,14)(H,15,16)/b10-2-. The Morgan fingerprint density at radius 2 is 2.00 bits per heavy atom. The lowest BCUT2D eigenvalue weighted by Crippen LogP contribution is -2.31. The van der Waals surface area contributed by atoms with Crippen molar-refractivity contribution in [1.82, 2.24) is 5.32 Å². The van der Waals surface area contributed by atoms with E-state index in [4.69, 9.17) is 9.84 Å². The monoisotopic (exact) mass is 235 g/mol. The van der Waals surface area contributed by atoms with E-state index >= 15 is 0 Å². The van der Waals surface area contributed by atoms with Crippen LogP contribution in [0.25, 0.3) is 0 Å². The highest BCUT2D eigenvalue weighted by Crippen LogP contribution is 2.07. The van der Waals surface area contributed by atoms with Crippen molar-refractivity contribution in [1.29, 1.82) is 0 Å². The number of carboxylic acids is 1. The molecule has 1 rings (SSSR count). The topological polar surface area (TPSA) is 75.6 Å². The van der Waals surface area contributed by atoms with Crippen LogP contribution in [0.4, 0.5) is 0 Å². The largest absolute Gasteiger partial charge is 0.484 e. The Bertz CT molecular complexity index is 425. The van der Waals surface area contributed by atoms with Gasteiger partial charge in [0.25, 0.3) is 5.91 Å². The second-order valence-corrected chi connectivity index (χ2v) is 3.16. The summed E-state index contributed by atoms with van der Waals surface area (Å²) in [6, 6.07) is 8.81. The van der Waals surface area contributed by atoms with Crippen molar-refractivity contribution in [2.75, 3.05) is 6.61 Å². The molecule has 17 heavy (non-hydrogen) atoms. The van der Waals surface area contributed by atoms with Crippen molar-refractivity contribution in [2.24, 2.45) is 0 Å². The van der Waals surface area contributed by atoms with Crippen LogP contribution in [0.5, 0.6) is 5.75 Å². The van der Waals surface area contributed by atoms with Crippen molar-refractivity contribution >= 4 is 11.9 Å². The van der Waals surface area contributed by atoms with Gasteiger partial charge in [-0.1, -0.05) is 24.3 Å². The first-order chi connectivity index (χ1) is 8.13. The zero-order chi connectivity index (χ0) is 12.7. The second kappa shape index (κ2) is 6.32. The molecule has 0 aromatic heterocycles. The maximum atomic E-state index is 11.3. The number of benzene rings is 1. The van der Waals surface area contributed by atoms with Gasteiger partial charge in [-0.25, -0.2) is 4.79 Å². The summed E-state index contributed by atoms with van der Waals surface area (Å²) >= 11 is 0. The number of ether oxygens (including phenoxy) is 1. The summed E-state index contributed by atoms with van der Waals surface area (Å²) in [5.41, 5.74) is -0.160. The van der Waals surface area contributed by atoms with E-state index in [9.17, 15) is 9.59 Å².